The maximum atomic E-state index is 11.8. The highest BCUT2D eigenvalue weighted by Crippen LogP contribution is 2.03. The third-order valence-electron chi connectivity index (χ3n) is 2.05. The number of rotatable bonds is 4. The standard InChI is InChI=1S/C9H15N3O3/c1-6(2)12(3-4-13)8(14)7-5-10-9(15)11-7/h5-6,13H,3-4H2,1-2H3,(H2,10,11,15). The molecule has 1 aromatic rings. The normalized spacial score (nSPS) is 10.7. The Bertz CT molecular complexity index is 380. The molecule has 0 bridgehead atoms. The van der Waals surface area contributed by atoms with E-state index in [1.807, 2.05) is 13.8 Å². The number of hydrogen-bond acceptors (Lipinski definition) is 3. The van der Waals surface area contributed by atoms with Crippen molar-refractivity contribution in [3.63, 3.8) is 0 Å². The molecule has 1 aromatic heterocycles. The lowest BCUT2D eigenvalue weighted by molar-refractivity contribution is 0.0660. The van der Waals surface area contributed by atoms with Crippen LogP contribution in [0.3, 0.4) is 0 Å². The van der Waals surface area contributed by atoms with Crippen molar-refractivity contribution in [2.75, 3.05) is 13.2 Å². The van der Waals surface area contributed by atoms with E-state index >= 15 is 0 Å². The van der Waals surface area contributed by atoms with Gasteiger partial charge in [0.25, 0.3) is 5.91 Å². The first-order chi connectivity index (χ1) is 7.06. The summed E-state index contributed by atoms with van der Waals surface area (Å²) in [6.45, 7) is 3.85. The maximum Gasteiger partial charge on any atom is 0.323 e. The molecule has 1 rings (SSSR count). The number of carbonyl (C=O) groups is 1. The predicted octanol–water partition coefficient (Wildman–Crippen LogP) is -0.454. The van der Waals surface area contributed by atoms with E-state index in [-0.39, 0.29) is 30.8 Å². The summed E-state index contributed by atoms with van der Waals surface area (Å²) in [6, 6.07) is -0.0250. The van der Waals surface area contributed by atoms with Crippen molar-refractivity contribution in [2.24, 2.45) is 0 Å². The monoisotopic (exact) mass is 213 g/mol. The molecule has 1 heterocycles. The van der Waals surface area contributed by atoms with E-state index in [2.05, 4.69) is 9.97 Å². The zero-order valence-electron chi connectivity index (χ0n) is 8.78. The van der Waals surface area contributed by atoms with Crippen molar-refractivity contribution in [3.8, 4) is 0 Å². The van der Waals surface area contributed by atoms with E-state index in [0.717, 1.165) is 0 Å². The number of nitrogens with zero attached hydrogens (tertiary/aromatic N) is 1. The summed E-state index contributed by atoms with van der Waals surface area (Å²) >= 11 is 0. The molecule has 6 nitrogen and oxygen atoms in total. The number of aliphatic hydroxyl groups is 1. The van der Waals surface area contributed by atoms with Gasteiger partial charge in [-0.15, -0.1) is 0 Å². The number of H-pyrrole nitrogens is 2. The van der Waals surface area contributed by atoms with Crippen LogP contribution in [-0.4, -0.2) is 45.1 Å². The topological polar surface area (TPSA) is 89.2 Å². The zero-order chi connectivity index (χ0) is 11.4. The molecule has 0 fully saturated rings. The SMILES string of the molecule is CC(C)N(CCO)C(=O)c1c[nH]c(=O)[nH]1. The van der Waals surface area contributed by atoms with Gasteiger partial charge in [0.05, 0.1) is 6.61 Å². The quantitative estimate of drug-likeness (QED) is 0.632. The van der Waals surface area contributed by atoms with Crippen LogP contribution < -0.4 is 5.69 Å². The van der Waals surface area contributed by atoms with Gasteiger partial charge in [-0.25, -0.2) is 4.79 Å². The molecule has 0 unspecified atom stereocenters. The van der Waals surface area contributed by atoms with E-state index in [9.17, 15) is 9.59 Å². The van der Waals surface area contributed by atoms with Crippen LogP contribution in [0, 0.1) is 0 Å². The van der Waals surface area contributed by atoms with Crippen LogP contribution in [0.2, 0.25) is 0 Å². The van der Waals surface area contributed by atoms with Crippen LogP contribution in [0.15, 0.2) is 11.0 Å². The van der Waals surface area contributed by atoms with Gasteiger partial charge in [0, 0.05) is 18.8 Å². The highest BCUT2D eigenvalue weighted by Gasteiger charge is 2.19. The highest BCUT2D eigenvalue weighted by atomic mass is 16.3. The van der Waals surface area contributed by atoms with Crippen LogP contribution in [-0.2, 0) is 0 Å². The molecule has 0 aliphatic heterocycles. The Morgan fingerprint density at radius 3 is 2.67 bits per heavy atom. The largest absolute Gasteiger partial charge is 0.395 e. The molecule has 0 aliphatic rings. The van der Waals surface area contributed by atoms with Gasteiger partial charge in [-0.1, -0.05) is 0 Å². The molecule has 0 atom stereocenters. The van der Waals surface area contributed by atoms with Gasteiger partial charge in [0.1, 0.15) is 5.69 Å². The third-order valence-corrected chi connectivity index (χ3v) is 2.05. The average Bonchev–Trinajstić information content (AvgIpc) is 2.59. The molecular formula is C9H15N3O3. The molecule has 84 valence electrons. The van der Waals surface area contributed by atoms with Crippen molar-refractivity contribution in [2.45, 2.75) is 19.9 Å². The fourth-order valence-corrected chi connectivity index (χ4v) is 1.30. The zero-order valence-corrected chi connectivity index (χ0v) is 8.78. The third kappa shape index (κ3) is 2.69. The van der Waals surface area contributed by atoms with E-state index in [1.54, 1.807) is 0 Å². The Morgan fingerprint density at radius 2 is 2.27 bits per heavy atom. The van der Waals surface area contributed by atoms with Crippen LogP contribution in [0.25, 0.3) is 0 Å². The Morgan fingerprint density at radius 1 is 1.60 bits per heavy atom. The smallest absolute Gasteiger partial charge is 0.323 e. The molecule has 15 heavy (non-hydrogen) atoms. The summed E-state index contributed by atoms with van der Waals surface area (Å²) < 4.78 is 0. The van der Waals surface area contributed by atoms with E-state index in [4.69, 9.17) is 5.11 Å². The van der Waals surface area contributed by atoms with Crippen molar-refractivity contribution >= 4 is 5.91 Å². The van der Waals surface area contributed by atoms with Gasteiger partial charge in [0.2, 0.25) is 0 Å². The van der Waals surface area contributed by atoms with Gasteiger partial charge in [-0.3, -0.25) is 4.79 Å². The Labute approximate surface area is 86.9 Å². The Kier molecular flexibility index (Phi) is 3.68. The number of amides is 1. The molecule has 6 heteroatoms. The predicted molar refractivity (Wildman–Crippen MR) is 54.7 cm³/mol. The van der Waals surface area contributed by atoms with Gasteiger partial charge in [-0.05, 0) is 13.8 Å². The van der Waals surface area contributed by atoms with Gasteiger partial charge >= 0.3 is 5.69 Å². The lowest BCUT2D eigenvalue weighted by Gasteiger charge is -2.25. The molecule has 0 saturated carbocycles. The van der Waals surface area contributed by atoms with E-state index in [0.29, 0.717) is 0 Å². The Balaban J connectivity index is 2.85. The van der Waals surface area contributed by atoms with Crippen LogP contribution in [0.1, 0.15) is 24.3 Å². The maximum absolute atomic E-state index is 11.8. The van der Waals surface area contributed by atoms with E-state index in [1.165, 1.54) is 11.1 Å². The first kappa shape index (κ1) is 11.5. The summed E-state index contributed by atoms with van der Waals surface area (Å²) in [5.74, 6) is -0.294. The van der Waals surface area contributed by atoms with Gasteiger partial charge in [0.15, 0.2) is 0 Å². The molecule has 0 saturated heterocycles. The molecular weight excluding hydrogens is 198 g/mol. The van der Waals surface area contributed by atoms with Crippen molar-refractivity contribution < 1.29 is 9.90 Å². The minimum Gasteiger partial charge on any atom is -0.395 e. The fourth-order valence-electron chi connectivity index (χ4n) is 1.30. The summed E-state index contributed by atoms with van der Waals surface area (Å²) in [4.78, 5) is 28.9. The number of imidazole rings is 1. The summed E-state index contributed by atoms with van der Waals surface area (Å²) in [5.41, 5.74) is -0.201. The number of aliphatic hydroxyl groups excluding tert-OH is 1. The summed E-state index contributed by atoms with van der Waals surface area (Å²) in [7, 11) is 0. The summed E-state index contributed by atoms with van der Waals surface area (Å²) in [6.07, 6.45) is 1.33. The highest BCUT2D eigenvalue weighted by molar-refractivity contribution is 5.92. The van der Waals surface area contributed by atoms with E-state index < -0.39 is 5.69 Å². The second-order valence-corrected chi connectivity index (χ2v) is 3.47. The lowest BCUT2D eigenvalue weighted by atomic mass is 10.3. The number of aromatic nitrogens is 2. The molecule has 1 amide bonds. The first-order valence-electron chi connectivity index (χ1n) is 4.75. The molecule has 0 spiro atoms. The number of aromatic amines is 2. The molecule has 3 N–H and O–H groups in total. The Hall–Kier alpha value is -1.56. The van der Waals surface area contributed by atoms with Crippen LogP contribution in [0.4, 0.5) is 0 Å². The number of carbonyl (C=O) groups excluding carboxylic acids is 1. The fraction of sp³-hybridized carbons (Fsp3) is 0.556. The second kappa shape index (κ2) is 4.79. The van der Waals surface area contributed by atoms with Gasteiger partial charge < -0.3 is 20.0 Å². The summed E-state index contributed by atoms with van der Waals surface area (Å²) in [5, 5.41) is 8.81. The molecule has 0 radical (unpaired) electrons. The van der Waals surface area contributed by atoms with Crippen molar-refractivity contribution in [1.29, 1.82) is 0 Å². The van der Waals surface area contributed by atoms with Crippen molar-refractivity contribution in [1.82, 2.24) is 14.9 Å². The second-order valence-electron chi connectivity index (χ2n) is 3.47. The van der Waals surface area contributed by atoms with Crippen LogP contribution in [0.5, 0.6) is 0 Å². The first-order valence-corrected chi connectivity index (χ1v) is 4.75. The van der Waals surface area contributed by atoms with Gasteiger partial charge in [-0.2, -0.15) is 0 Å². The van der Waals surface area contributed by atoms with Crippen molar-refractivity contribution in [3.05, 3.63) is 22.4 Å². The molecule has 0 aliphatic carbocycles. The minimum absolute atomic E-state index is 0.0250. The molecule has 0 aromatic carbocycles. The van der Waals surface area contributed by atoms with Crippen LogP contribution >= 0.6 is 0 Å². The number of hydrogen-bond donors (Lipinski definition) is 3. The minimum atomic E-state index is -0.411. The number of nitrogens with one attached hydrogen (secondary N) is 2. The average molecular weight is 213 g/mol. The lowest BCUT2D eigenvalue weighted by Crippen LogP contribution is -2.39.